The molecule has 2 fully saturated rings. The first-order valence-corrected chi connectivity index (χ1v) is 13.4. The molecule has 196 valence electrons. The number of rotatable bonds is 7. The van der Waals surface area contributed by atoms with Crippen molar-refractivity contribution in [1.82, 2.24) is 9.80 Å². The number of hydrogen-bond acceptors (Lipinski definition) is 8. The van der Waals surface area contributed by atoms with E-state index in [9.17, 15) is 24.0 Å². The molecule has 0 N–H and O–H groups in total. The van der Waals surface area contributed by atoms with Crippen LogP contribution in [-0.2, 0) is 33.4 Å². The number of likely N-dealkylation sites (tertiary alicyclic amines) is 1. The van der Waals surface area contributed by atoms with E-state index in [4.69, 9.17) is 9.47 Å². The summed E-state index contributed by atoms with van der Waals surface area (Å²) in [5.74, 6) is -2.31. The quantitative estimate of drug-likeness (QED) is 0.303. The first kappa shape index (κ1) is 25.7. The summed E-state index contributed by atoms with van der Waals surface area (Å²) in [7, 11) is 0. The van der Waals surface area contributed by atoms with Crippen LogP contribution in [0.3, 0.4) is 0 Å². The van der Waals surface area contributed by atoms with Gasteiger partial charge in [0.25, 0.3) is 5.91 Å². The molecule has 38 heavy (non-hydrogen) atoms. The maximum atomic E-state index is 13.8. The Morgan fingerprint density at radius 2 is 1.50 bits per heavy atom. The van der Waals surface area contributed by atoms with Gasteiger partial charge in [0.15, 0.2) is 6.10 Å². The minimum Gasteiger partial charge on any atom is -0.461 e. The average molecular weight is 535 g/mol. The van der Waals surface area contributed by atoms with Gasteiger partial charge in [0.05, 0.1) is 0 Å². The highest BCUT2D eigenvalue weighted by Gasteiger charge is 2.59. The highest BCUT2D eigenvalue weighted by atomic mass is 32.2. The first-order valence-electron chi connectivity index (χ1n) is 12.3. The standard InChI is InChI=1S/C28H26N2O7S/c1-17(31)36-15-20-16-38-27-24(29-21(32)13-8-14-22(29)33)26(34)30(27)23(20)28(35)37-25(18-9-4-2-5-10-18)19-11-6-3-7-12-19/h2-7,9-12,24-25,27H,8,13-16H2,1H3. The van der Waals surface area contributed by atoms with Crippen molar-refractivity contribution in [2.45, 2.75) is 43.7 Å². The maximum absolute atomic E-state index is 13.8. The second kappa shape index (κ2) is 10.8. The molecule has 10 heteroatoms. The fraction of sp³-hybridized carbons (Fsp3) is 0.321. The lowest BCUT2D eigenvalue weighted by molar-refractivity contribution is -0.168. The largest absolute Gasteiger partial charge is 0.461 e. The van der Waals surface area contributed by atoms with Crippen LogP contribution >= 0.6 is 11.8 Å². The van der Waals surface area contributed by atoms with Crippen molar-refractivity contribution in [3.05, 3.63) is 83.1 Å². The van der Waals surface area contributed by atoms with Gasteiger partial charge in [-0.2, -0.15) is 0 Å². The molecule has 2 atom stereocenters. The first-order chi connectivity index (χ1) is 18.4. The number of thioether (sulfide) groups is 1. The third kappa shape index (κ3) is 4.83. The fourth-order valence-electron chi connectivity index (χ4n) is 4.88. The van der Waals surface area contributed by atoms with Gasteiger partial charge in [-0.25, -0.2) is 4.79 Å². The molecule has 2 aromatic carbocycles. The molecule has 0 aromatic heterocycles. The molecule has 2 saturated heterocycles. The zero-order chi connectivity index (χ0) is 26.8. The van der Waals surface area contributed by atoms with Crippen LogP contribution in [-0.4, -0.2) is 63.2 Å². The Kier molecular flexibility index (Phi) is 7.33. The maximum Gasteiger partial charge on any atom is 0.356 e. The van der Waals surface area contributed by atoms with E-state index in [0.717, 1.165) is 16.0 Å². The molecule has 5 rings (SSSR count). The molecule has 3 aliphatic heterocycles. The summed E-state index contributed by atoms with van der Waals surface area (Å²) in [6, 6.07) is 17.5. The van der Waals surface area contributed by atoms with Crippen LogP contribution in [0.5, 0.6) is 0 Å². The lowest BCUT2D eigenvalue weighted by Gasteiger charge is -2.52. The van der Waals surface area contributed by atoms with E-state index in [2.05, 4.69) is 0 Å². The normalized spacial score (nSPS) is 21.3. The number of nitrogens with zero attached hydrogens (tertiary/aromatic N) is 2. The van der Waals surface area contributed by atoms with Crippen molar-refractivity contribution in [2.75, 3.05) is 12.4 Å². The van der Waals surface area contributed by atoms with Crippen LogP contribution in [0, 0.1) is 0 Å². The van der Waals surface area contributed by atoms with Crippen LogP contribution in [0.2, 0.25) is 0 Å². The number of esters is 2. The highest BCUT2D eigenvalue weighted by Crippen LogP contribution is 2.44. The molecule has 0 aliphatic carbocycles. The Balaban J connectivity index is 1.48. The molecule has 0 radical (unpaired) electrons. The number of piperidine rings is 1. The molecule has 2 aromatic rings. The molecule has 2 unspecified atom stereocenters. The van der Waals surface area contributed by atoms with Crippen molar-refractivity contribution >= 4 is 41.4 Å². The zero-order valence-corrected chi connectivity index (χ0v) is 21.5. The van der Waals surface area contributed by atoms with Gasteiger partial charge in [0.2, 0.25) is 11.8 Å². The Labute approximate surface area is 223 Å². The fourth-order valence-corrected chi connectivity index (χ4v) is 6.26. The third-order valence-corrected chi connectivity index (χ3v) is 8.01. The lowest BCUT2D eigenvalue weighted by Crippen LogP contribution is -2.72. The molecule has 9 nitrogen and oxygen atoms in total. The van der Waals surface area contributed by atoms with Gasteiger partial charge in [-0.1, -0.05) is 60.7 Å². The topological polar surface area (TPSA) is 110 Å². The van der Waals surface area contributed by atoms with Gasteiger partial charge in [-0.05, 0) is 17.5 Å². The predicted molar refractivity (Wildman–Crippen MR) is 137 cm³/mol. The van der Waals surface area contributed by atoms with Crippen LogP contribution < -0.4 is 0 Å². The number of carbonyl (C=O) groups is 5. The summed E-state index contributed by atoms with van der Waals surface area (Å²) in [4.78, 5) is 66.2. The molecule has 3 amide bonds. The Hall–Kier alpha value is -3.92. The zero-order valence-electron chi connectivity index (χ0n) is 20.7. The van der Waals surface area contributed by atoms with E-state index in [-0.39, 0.29) is 42.7 Å². The van der Waals surface area contributed by atoms with Crippen LogP contribution in [0.15, 0.2) is 71.9 Å². The Morgan fingerprint density at radius 3 is 2.05 bits per heavy atom. The third-order valence-electron chi connectivity index (χ3n) is 6.69. The van der Waals surface area contributed by atoms with Gasteiger partial charge in [-0.3, -0.25) is 29.0 Å². The van der Waals surface area contributed by atoms with Crippen LogP contribution in [0.1, 0.15) is 43.4 Å². The summed E-state index contributed by atoms with van der Waals surface area (Å²) in [5, 5.41) is -0.621. The van der Waals surface area contributed by atoms with Gasteiger partial charge in [0.1, 0.15) is 23.7 Å². The van der Waals surface area contributed by atoms with Crippen molar-refractivity contribution in [2.24, 2.45) is 0 Å². The molecule has 3 aliphatic rings. The monoisotopic (exact) mass is 534 g/mol. The van der Waals surface area contributed by atoms with Crippen LogP contribution in [0.4, 0.5) is 0 Å². The van der Waals surface area contributed by atoms with E-state index in [1.165, 1.54) is 23.6 Å². The Bertz CT molecular complexity index is 1260. The van der Waals surface area contributed by atoms with E-state index < -0.39 is 35.4 Å². The number of β-lactam (4-membered cyclic amide) rings is 1. The second-order valence-corrected chi connectivity index (χ2v) is 10.3. The molecule has 0 saturated carbocycles. The molecular weight excluding hydrogens is 508 g/mol. The SMILES string of the molecule is CC(=O)OCC1=C(C(=O)OC(c2ccccc2)c2ccccc2)N2C(=O)C(N3C(=O)CCCC3=O)C2SC1. The Morgan fingerprint density at radius 1 is 0.921 bits per heavy atom. The minimum absolute atomic E-state index is 0.00924. The van der Waals surface area contributed by atoms with Crippen molar-refractivity contribution in [1.29, 1.82) is 0 Å². The van der Waals surface area contributed by atoms with Crippen LogP contribution in [0.25, 0.3) is 0 Å². The van der Waals surface area contributed by atoms with E-state index in [1.54, 1.807) is 0 Å². The summed E-state index contributed by atoms with van der Waals surface area (Å²) < 4.78 is 11.2. The van der Waals surface area contributed by atoms with E-state index >= 15 is 0 Å². The number of fused-ring (bicyclic) bond motifs is 1. The van der Waals surface area contributed by atoms with Crippen molar-refractivity contribution < 1.29 is 33.4 Å². The summed E-state index contributed by atoms with van der Waals surface area (Å²) >= 11 is 1.32. The second-order valence-electron chi connectivity index (χ2n) is 9.20. The highest BCUT2D eigenvalue weighted by molar-refractivity contribution is 8.00. The lowest BCUT2D eigenvalue weighted by atomic mass is 9.97. The van der Waals surface area contributed by atoms with E-state index in [1.807, 2.05) is 60.7 Å². The summed E-state index contributed by atoms with van der Waals surface area (Å²) in [5.41, 5.74) is 1.90. The predicted octanol–water partition coefficient (Wildman–Crippen LogP) is 2.96. The summed E-state index contributed by atoms with van der Waals surface area (Å²) in [6.07, 6.45) is 0.106. The number of hydrogen-bond donors (Lipinski definition) is 0. The average Bonchev–Trinajstić information content (AvgIpc) is 2.92. The number of carbonyl (C=O) groups excluding carboxylic acids is 5. The van der Waals surface area contributed by atoms with Gasteiger partial charge in [0, 0.05) is 31.1 Å². The van der Waals surface area contributed by atoms with Gasteiger partial charge in [-0.15, -0.1) is 11.8 Å². The molecule has 0 spiro atoms. The number of ether oxygens (including phenoxy) is 2. The summed E-state index contributed by atoms with van der Waals surface area (Å²) in [6.45, 7) is 1.08. The van der Waals surface area contributed by atoms with E-state index in [0.29, 0.717) is 12.0 Å². The molecular formula is C28H26N2O7S. The number of amides is 3. The molecule has 3 heterocycles. The number of benzene rings is 2. The van der Waals surface area contributed by atoms with Gasteiger partial charge < -0.3 is 9.47 Å². The van der Waals surface area contributed by atoms with Crippen molar-refractivity contribution in [3.63, 3.8) is 0 Å². The van der Waals surface area contributed by atoms with Gasteiger partial charge >= 0.3 is 11.9 Å². The molecule has 0 bridgehead atoms. The smallest absolute Gasteiger partial charge is 0.356 e. The minimum atomic E-state index is -0.975. The van der Waals surface area contributed by atoms with Crippen molar-refractivity contribution in [3.8, 4) is 0 Å². The number of imide groups is 1.